The Morgan fingerprint density at radius 1 is 1.36 bits per heavy atom. The number of anilines is 1. The molecule has 11 heteroatoms. The Labute approximate surface area is 139 Å². The molecule has 0 aliphatic rings. The van der Waals surface area contributed by atoms with E-state index in [-0.39, 0.29) is 22.8 Å². The number of alkyl halides is 3. The van der Waals surface area contributed by atoms with Crippen LogP contribution in [-0.2, 0) is 17.5 Å². The molecule has 134 valence electrons. The summed E-state index contributed by atoms with van der Waals surface area (Å²) in [6.45, 7) is 0.902. The molecular weight excluding hydrogens is 345 g/mol. The number of nitrogens with zero attached hydrogens (tertiary/aromatic N) is 3. The molecule has 1 aromatic carbocycles. The van der Waals surface area contributed by atoms with Crippen LogP contribution in [0.3, 0.4) is 0 Å². The molecular formula is C14H13F3N4O4. The highest BCUT2D eigenvalue weighted by Gasteiger charge is 2.34. The number of carbonyl (C=O) groups is 1. The monoisotopic (exact) mass is 358 g/mol. The average Bonchev–Trinajstić information content (AvgIpc) is 2.87. The van der Waals surface area contributed by atoms with Crippen LogP contribution in [0.25, 0.3) is 0 Å². The third-order valence-corrected chi connectivity index (χ3v) is 3.19. The molecule has 1 aromatic heterocycles. The number of halogens is 3. The van der Waals surface area contributed by atoms with Crippen LogP contribution in [0.2, 0.25) is 0 Å². The summed E-state index contributed by atoms with van der Waals surface area (Å²) in [6.07, 6.45) is -4.61. The first-order valence-corrected chi connectivity index (χ1v) is 6.85. The Morgan fingerprint density at radius 2 is 2.04 bits per heavy atom. The minimum atomic E-state index is -4.61. The number of benzene rings is 1. The first kappa shape index (κ1) is 18.2. The third kappa shape index (κ3) is 4.46. The summed E-state index contributed by atoms with van der Waals surface area (Å²) < 4.78 is 43.6. The van der Waals surface area contributed by atoms with E-state index in [9.17, 15) is 28.1 Å². The van der Waals surface area contributed by atoms with Crippen molar-refractivity contribution < 1.29 is 27.6 Å². The zero-order valence-electron chi connectivity index (χ0n) is 13.1. The Balaban J connectivity index is 2.17. The molecule has 1 amide bonds. The van der Waals surface area contributed by atoms with Gasteiger partial charge in [0.25, 0.3) is 5.69 Å². The summed E-state index contributed by atoms with van der Waals surface area (Å²) in [6, 6.07) is 4.45. The first-order valence-electron chi connectivity index (χ1n) is 6.85. The van der Waals surface area contributed by atoms with Crippen LogP contribution in [0.4, 0.5) is 24.5 Å². The quantitative estimate of drug-likeness (QED) is 0.654. The van der Waals surface area contributed by atoms with Gasteiger partial charge in [-0.1, -0.05) is 0 Å². The molecule has 0 aliphatic heterocycles. The molecule has 1 N–H and O–H groups in total. The van der Waals surface area contributed by atoms with E-state index in [1.165, 1.54) is 26.2 Å². The molecule has 2 rings (SSSR count). The number of methoxy groups -OCH3 is 1. The van der Waals surface area contributed by atoms with Gasteiger partial charge in [-0.15, -0.1) is 0 Å². The lowest BCUT2D eigenvalue weighted by Gasteiger charge is -2.08. The van der Waals surface area contributed by atoms with Crippen molar-refractivity contribution in [2.45, 2.75) is 19.6 Å². The lowest BCUT2D eigenvalue weighted by atomic mass is 10.2. The molecule has 2 aromatic rings. The number of nitrogens with one attached hydrogen (secondary N) is 1. The molecule has 0 aliphatic carbocycles. The molecule has 0 radical (unpaired) electrons. The zero-order chi connectivity index (χ0) is 18.8. The predicted molar refractivity (Wildman–Crippen MR) is 80.2 cm³/mol. The Morgan fingerprint density at radius 3 is 2.56 bits per heavy atom. The molecule has 0 saturated heterocycles. The second-order valence-electron chi connectivity index (χ2n) is 5.05. The second kappa shape index (κ2) is 6.79. The van der Waals surface area contributed by atoms with Crippen molar-refractivity contribution in [3.63, 3.8) is 0 Å². The van der Waals surface area contributed by atoms with Crippen molar-refractivity contribution in [3.8, 4) is 5.75 Å². The number of non-ortho nitro benzene ring substituents is 1. The molecule has 0 unspecified atom stereocenters. The summed E-state index contributed by atoms with van der Waals surface area (Å²) >= 11 is 0. The number of carbonyl (C=O) groups excluding carboxylic acids is 1. The normalized spacial score (nSPS) is 11.2. The number of nitro benzene ring substituents is 1. The van der Waals surface area contributed by atoms with Gasteiger partial charge in [0.2, 0.25) is 5.91 Å². The van der Waals surface area contributed by atoms with Gasteiger partial charge in [0.05, 0.1) is 23.8 Å². The van der Waals surface area contributed by atoms with Crippen LogP contribution >= 0.6 is 0 Å². The highest BCUT2D eigenvalue weighted by Crippen LogP contribution is 2.28. The average molecular weight is 358 g/mol. The zero-order valence-corrected chi connectivity index (χ0v) is 13.1. The minimum Gasteiger partial charge on any atom is -0.496 e. The number of hydrogen-bond acceptors (Lipinski definition) is 5. The van der Waals surface area contributed by atoms with Crippen LogP contribution in [0.1, 0.15) is 11.4 Å². The fourth-order valence-electron chi connectivity index (χ4n) is 2.02. The summed E-state index contributed by atoms with van der Waals surface area (Å²) in [7, 11) is 1.30. The van der Waals surface area contributed by atoms with E-state index in [1.54, 1.807) is 0 Å². The summed E-state index contributed by atoms with van der Waals surface area (Å²) in [5.41, 5.74) is -1.17. The van der Waals surface area contributed by atoms with Crippen molar-refractivity contribution in [2.24, 2.45) is 0 Å². The van der Waals surface area contributed by atoms with Gasteiger partial charge in [-0.2, -0.15) is 18.3 Å². The van der Waals surface area contributed by atoms with E-state index < -0.39 is 29.2 Å². The number of amides is 1. The number of aryl methyl sites for hydroxylation is 1. The number of rotatable bonds is 5. The largest absolute Gasteiger partial charge is 0.496 e. The summed E-state index contributed by atoms with van der Waals surface area (Å²) in [4.78, 5) is 22.2. The molecule has 25 heavy (non-hydrogen) atoms. The van der Waals surface area contributed by atoms with Crippen LogP contribution in [0, 0.1) is 17.0 Å². The standard InChI is InChI=1S/C14H13F3N4O4/c1-8-3-12(14(15,16)17)19-20(8)7-13(22)18-9-4-10(21(23)24)6-11(5-9)25-2/h3-6H,7H2,1-2H3,(H,18,22). The van der Waals surface area contributed by atoms with Gasteiger partial charge in [-0.25, -0.2) is 0 Å². The highest BCUT2D eigenvalue weighted by molar-refractivity contribution is 5.91. The lowest BCUT2D eigenvalue weighted by molar-refractivity contribution is -0.384. The topological polar surface area (TPSA) is 99.3 Å². The van der Waals surface area contributed by atoms with E-state index in [1.807, 2.05) is 0 Å². The number of ether oxygens (including phenoxy) is 1. The van der Waals surface area contributed by atoms with Crippen LogP contribution in [0.5, 0.6) is 5.75 Å². The van der Waals surface area contributed by atoms with E-state index >= 15 is 0 Å². The van der Waals surface area contributed by atoms with Crippen LogP contribution in [0.15, 0.2) is 24.3 Å². The molecule has 0 spiro atoms. The van der Waals surface area contributed by atoms with Crippen molar-refractivity contribution in [3.05, 3.63) is 45.8 Å². The Kier molecular flexibility index (Phi) is 4.95. The van der Waals surface area contributed by atoms with Gasteiger partial charge in [0.1, 0.15) is 12.3 Å². The minimum absolute atomic E-state index is 0.0805. The lowest BCUT2D eigenvalue weighted by Crippen LogP contribution is -2.21. The van der Waals surface area contributed by atoms with Gasteiger partial charge in [-0.05, 0) is 13.0 Å². The van der Waals surface area contributed by atoms with Crippen LogP contribution in [-0.4, -0.2) is 27.7 Å². The van der Waals surface area contributed by atoms with E-state index in [4.69, 9.17) is 4.74 Å². The van der Waals surface area contributed by atoms with Gasteiger partial charge >= 0.3 is 6.18 Å². The van der Waals surface area contributed by atoms with E-state index in [2.05, 4.69) is 10.4 Å². The highest BCUT2D eigenvalue weighted by atomic mass is 19.4. The predicted octanol–water partition coefficient (Wildman–Crippen LogP) is 2.77. The number of hydrogen-bond donors (Lipinski definition) is 1. The van der Waals surface area contributed by atoms with Crippen LogP contribution < -0.4 is 10.1 Å². The first-order chi connectivity index (χ1) is 11.6. The van der Waals surface area contributed by atoms with E-state index in [0.29, 0.717) is 0 Å². The molecule has 0 fully saturated rings. The number of nitro groups is 1. The van der Waals surface area contributed by atoms with Crippen molar-refractivity contribution in [1.29, 1.82) is 0 Å². The van der Waals surface area contributed by atoms with E-state index in [0.717, 1.165) is 16.8 Å². The van der Waals surface area contributed by atoms with Gasteiger partial charge < -0.3 is 10.1 Å². The summed E-state index contributed by atoms with van der Waals surface area (Å²) in [5.74, 6) is -0.540. The molecule has 8 nitrogen and oxygen atoms in total. The van der Waals surface area contributed by atoms with Crippen molar-refractivity contribution in [2.75, 3.05) is 12.4 Å². The van der Waals surface area contributed by atoms with Crippen molar-refractivity contribution >= 4 is 17.3 Å². The third-order valence-electron chi connectivity index (χ3n) is 3.19. The Hall–Kier alpha value is -3.11. The maximum atomic E-state index is 12.6. The van der Waals surface area contributed by atoms with Gasteiger partial charge in [0.15, 0.2) is 5.69 Å². The van der Waals surface area contributed by atoms with Crippen molar-refractivity contribution in [1.82, 2.24) is 9.78 Å². The maximum Gasteiger partial charge on any atom is 0.435 e. The van der Waals surface area contributed by atoms with Gasteiger partial charge in [0, 0.05) is 17.8 Å². The maximum absolute atomic E-state index is 12.6. The summed E-state index contributed by atoms with van der Waals surface area (Å²) in [5, 5.41) is 16.6. The fourth-order valence-corrected chi connectivity index (χ4v) is 2.02. The Bertz CT molecular complexity index is 817. The molecule has 0 bridgehead atoms. The molecule has 0 atom stereocenters. The SMILES string of the molecule is COc1cc(NC(=O)Cn2nc(C(F)(F)F)cc2C)cc([N+](=O)[O-])c1. The fraction of sp³-hybridized carbons (Fsp3) is 0.286. The van der Waals surface area contributed by atoms with Gasteiger partial charge in [-0.3, -0.25) is 19.6 Å². The number of aromatic nitrogens is 2. The molecule has 1 heterocycles. The molecule has 0 saturated carbocycles. The smallest absolute Gasteiger partial charge is 0.435 e. The second-order valence-corrected chi connectivity index (χ2v) is 5.05.